The van der Waals surface area contributed by atoms with Crippen LogP contribution in [0.2, 0.25) is 0 Å². The highest BCUT2D eigenvalue weighted by Gasteiger charge is 2.12. The van der Waals surface area contributed by atoms with Gasteiger partial charge in [0.2, 0.25) is 5.89 Å². The van der Waals surface area contributed by atoms with Gasteiger partial charge in [0.25, 0.3) is 5.91 Å². The average molecular weight is 334 g/mol. The highest BCUT2D eigenvalue weighted by molar-refractivity contribution is 7.12. The van der Waals surface area contributed by atoms with Gasteiger partial charge >= 0.3 is 0 Å². The Labute approximate surface area is 142 Å². The third kappa shape index (κ3) is 2.70. The van der Waals surface area contributed by atoms with Gasteiger partial charge in [-0.1, -0.05) is 24.3 Å². The molecule has 2 heterocycles. The molecule has 0 aliphatic heterocycles. The number of amides is 1. The second kappa shape index (κ2) is 5.94. The monoisotopic (exact) mass is 334 g/mol. The summed E-state index contributed by atoms with van der Waals surface area (Å²) in [4.78, 5) is 17.5. The van der Waals surface area contributed by atoms with E-state index in [1.165, 1.54) is 11.3 Å². The van der Waals surface area contributed by atoms with Gasteiger partial charge < -0.3 is 9.73 Å². The molecule has 2 aromatic heterocycles. The fraction of sp³-hybridized carbons (Fsp3) is 0.0526. The minimum absolute atomic E-state index is 0.109. The number of aromatic nitrogens is 1. The molecule has 1 amide bonds. The molecule has 0 spiro atoms. The van der Waals surface area contributed by atoms with Crippen molar-refractivity contribution in [2.45, 2.75) is 6.92 Å². The number of para-hydroxylation sites is 2. The zero-order valence-electron chi connectivity index (χ0n) is 12.9. The quantitative estimate of drug-likeness (QED) is 0.566. The number of hydrogen-bond acceptors (Lipinski definition) is 4. The van der Waals surface area contributed by atoms with Crippen molar-refractivity contribution in [2.24, 2.45) is 0 Å². The lowest BCUT2D eigenvalue weighted by Gasteiger charge is -2.08. The first-order valence-electron chi connectivity index (χ1n) is 7.52. The highest BCUT2D eigenvalue weighted by atomic mass is 32.1. The molecule has 0 aliphatic rings. The number of carbonyl (C=O) groups is 1. The summed E-state index contributed by atoms with van der Waals surface area (Å²) in [7, 11) is 0. The molecule has 0 bridgehead atoms. The van der Waals surface area contributed by atoms with Crippen molar-refractivity contribution in [3.63, 3.8) is 0 Å². The summed E-state index contributed by atoms with van der Waals surface area (Å²) >= 11 is 1.42. The first kappa shape index (κ1) is 14.7. The Morgan fingerprint density at radius 3 is 2.79 bits per heavy atom. The number of nitrogens with zero attached hydrogens (tertiary/aromatic N) is 1. The van der Waals surface area contributed by atoms with Crippen LogP contribution in [-0.4, -0.2) is 10.9 Å². The zero-order valence-corrected chi connectivity index (χ0v) is 13.8. The first-order valence-corrected chi connectivity index (χ1v) is 8.40. The number of carbonyl (C=O) groups excluding carboxylic acids is 1. The molecule has 0 atom stereocenters. The van der Waals surface area contributed by atoms with E-state index in [2.05, 4.69) is 10.3 Å². The maximum Gasteiger partial charge on any atom is 0.265 e. The van der Waals surface area contributed by atoms with Gasteiger partial charge in [-0.05, 0) is 48.2 Å². The van der Waals surface area contributed by atoms with Crippen LogP contribution in [0.1, 0.15) is 15.2 Å². The topological polar surface area (TPSA) is 55.1 Å². The van der Waals surface area contributed by atoms with E-state index in [1.807, 2.05) is 60.8 Å². The molecule has 0 radical (unpaired) electrons. The first-order chi connectivity index (χ1) is 11.7. The van der Waals surface area contributed by atoms with E-state index < -0.39 is 0 Å². The van der Waals surface area contributed by atoms with Crippen LogP contribution < -0.4 is 5.32 Å². The van der Waals surface area contributed by atoms with Crippen LogP contribution in [0, 0.1) is 6.92 Å². The molecule has 4 rings (SSSR count). The van der Waals surface area contributed by atoms with E-state index in [9.17, 15) is 4.79 Å². The largest absolute Gasteiger partial charge is 0.436 e. The van der Waals surface area contributed by atoms with Crippen LogP contribution in [0.3, 0.4) is 0 Å². The number of hydrogen-bond donors (Lipinski definition) is 1. The summed E-state index contributed by atoms with van der Waals surface area (Å²) < 4.78 is 5.80. The lowest BCUT2D eigenvalue weighted by molar-refractivity contribution is 0.103. The summed E-state index contributed by atoms with van der Waals surface area (Å²) in [6, 6.07) is 17.1. The molecular weight excluding hydrogens is 320 g/mol. The van der Waals surface area contributed by atoms with E-state index in [1.54, 1.807) is 6.07 Å². The van der Waals surface area contributed by atoms with Crippen LogP contribution in [0.5, 0.6) is 0 Å². The van der Waals surface area contributed by atoms with Crippen molar-refractivity contribution in [3.8, 4) is 11.5 Å². The summed E-state index contributed by atoms with van der Waals surface area (Å²) in [5, 5.41) is 4.84. The molecule has 4 nitrogen and oxygen atoms in total. The maximum absolute atomic E-state index is 12.3. The number of aryl methyl sites for hydroxylation is 1. The van der Waals surface area contributed by atoms with Crippen molar-refractivity contribution < 1.29 is 9.21 Å². The molecule has 0 fully saturated rings. The summed E-state index contributed by atoms with van der Waals surface area (Å²) in [6.45, 7) is 1.96. The third-order valence-corrected chi connectivity index (χ3v) is 4.64. The molecule has 118 valence electrons. The van der Waals surface area contributed by atoms with Gasteiger partial charge in [0.05, 0.1) is 4.88 Å². The Bertz CT molecular complexity index is 986. The van der Waals surface area contributed by atoms with Gasteiger partial charge in [-0.15, -0.1) is 11.3 Å². The lowest BCUT2D eigenvalue weighted by atomic mass is 10.1. The van der Waals surface area contributed by atoms with E-state index in [-0.39, 0.29) is 5.91 Å². The Hall–Kier alpha value is -2.92. The van der Waals surface area contributed by atoms with Crippen LogP contribution in [-0.2, 0) is 0 Å². The number of benzene rings is 2. The molecule has 5 heteroatoms. The molecule has 0 unspecified atom stereocenters. The average Bonchev–Trinajstić information content (AvgIpc) is 3.26. The standard InChI is InChI=1S/C19H14N2O2S/c1-12-8-9-13(19-21-14-5-2-3-6-16(14)23-19)11-15(12)20-18(22)17-7-4-10-24-17/h2-11H,1H3,(H,20,22). The van der Waals surface area contributed by atoms with E-state index in [0.29, 0.717) is 10.8 Å². The second-order valence-corrected chi connectivity index (χ2v) is 6.40. The predicted octanol–water partition coefficient (Wildman–Crippen LogP) is 5.12. The Kier molecular flexibility index (Phi) is 3.63. The molecular formula is C19H14N2O2S. The molecule has 0 saturated carbocycles. The van der Waals surface area contributed by atoms with Crippen LogP contribution >= 0.6 is 11.3 Å². The van der Waals surface area contributed by atoms with Crippen molar-refractivity contribution in [1.29, 1.82) is 0 Å². The van der Waals surface area contributed by atoms with Gasteiger partial charge in [-0.2, -0.15) is 0 Å². The normalized spacial score (nSPS) is 10.9. The number of thiophene rings is 1. The molecule has 24 heavy (non-hydrogen) atoms. The fourth-order valence-electron chi connectivity index (χ4n) is 2.48. The highest BCUT2D eigenvalue weighted by Crippen LogP contribution is 2.28. The van der Waals surface area contributed by atoms with Gasteiger partial charge in [0, 0.05) is 11.3 Å². The minimum Gasteiger partial charge on any atom is -0.436 e. The van der Waals surface area contributed by atoms with Crippen molar-refractivity contribution >= 4 is 34.0 Å². The number of fused-ring (bicyclic) bond motifs is 1. The number of oxazole rings is 1. The summed E-state index contributed by atoms with van der Waals surface area (Å²) in [5.74, 6) is 0.436. The van der Waals surface area contributed by atoms with Gasteiger partial charge in [0.1, 0.15) is 5.52 Å². The van der Waals surface area contributed by atoms with Crippen molar-refractivity contribution in [1.82, 2.24) is 4.98 Å². The van der Waals surface area contributed by atoms with Crippen molar-refractivity contribution in [2.75, 3.05) is 5.32 Å². The smallest absolute Gasteiger partial charge is 0.265 e. The van der Waals surface area contributed by atoms with E-state index in [0.717, 1.165) is 27.9 Å². The summed E-state index contributed by atoms with van der Waals surface area (Å²) in [5.41, 5.74) is 4.14. The van der Waals surface area contributed by atoms with Crippen LogP contribution in [0.15, 0.2) is 64.4 Å². The number of rotatable bonds is 3. The fourth-order valence-corrected chi connectivity index (χ4v) is 3.10. The minimum atomic E-state index is -0.109. The van der Waals surface area contributed by atoms with Gasteiger partial charge in [-0.25, -0.2) is 4.98 Å². The van der Waals surface area contributed by atoms with Crippen molar-refractivity contribution in [3.05, 3.63) is 70.4 Å². The molecule has 2 aromatic carbocycles. The predicted molar refractivity (Wildman–Crippen MR) is 96.5 cm³/mol. The number of anilines is 1. The zero-order chi connectivity index (χ0) is 16.5. The van der Waals surface area contributed by atoms with E-state index in [4.69, 9.17) is 4.42 Å². The van der Waals surface area contributed by atoms with Gasteiger partial charge in [0.15, 0.2) is 5.58 Å². The molecule has 0 aliphatic carbocycles. The van der Waals surface area contributed by atoms with Gasteiger partial charge in [-0.3, -0.25) is 4.79 Å². The maximum atomic E-state index is 12.3. The molecule has 0 saturated heterocycles. The summed E-state index contributed by atoms with van der Waals surface area (Å²) in [6.07, 6.45) is 0. The van der Waals surface area contributed by atoms with Crippen LogP contribution in [0.4, 0.5) is 5.69 Å². The van der Waals surface area contributed by atoms with E-state index >= 15 is 0 Å². The Morgan fingerprint density at radius 1 is 1.12 bits per heavy atom. The Balaban J connectivity index is 1.69. The molecule has 1 N–H and O–H groups in total. The number of nitrogens with one attached hydrogen (secondary N) is 1. The Morgan fingerprint density at radius 2 is 2.00 bits per heavy atom. The lowest BCUT2D eigenvalue weighted by Crippen LogP contribution is -2.11. The third-order valence-electron chi connectivity index (χ3n) is 3.77. The molecule has 4 aromatic rings. The second-order valence-electron chi connectivity index (χ2n) is 5.45. The van der Waals surface area contributed by atoms with Crippen LogP contribution in [0.25, 0.3) is 22.6 Å². The SMILES string of the molecule is Cc1ccc(-c2nc3ccccc3o2)cc1NC(=O)c1cccs1.